The fourth-order valence-electron chi connectivity index (χ4n) is 2.02. The number of nitriles is 1. The van der Waals surface area contributed by atoms with Crippen LogP contribution < -0.4 is 9.47 Å². The Labute approximate surface area is 129 Å². The van der Waals surface area contributed by atoms with Gasteiger partial charge in [0.2, 0.25) is 5.78 Å². The van der Waals surface area contributed by atoms with Crippen molar-refractivity contribution < 1.29 is 14.3 Å². The van der Waals surface area contributed by atoms with Crippen molar-refractivity contribution in [3.05, 3.63) is 59.7 Å². The third kappa shape index (κ3) is 3.64. The molecular weight excluding hydrogens is 278 g/mol. The number of para-hydroxylation sites is 1. The van der Waals surface area contributed by atoms with Crippen molar-refractivity contribution >= 4 is 5.78 Å². The topological polar surface area (TPSA) is 59.3 Å². The monoisotopic (exact) mass is 295 g/mol. The predicted molar refractivity (Wildman–Crippen MR) is 83.2 cm³/mol. The molecule has 0 bridgehead atoms. The van der Waals surface area contributed by atoms with E-state index in [4.69, 9.17) is 14.7 Å². The van der Waals surface area contributed by atoms with Crippen molar-refractivity contribution in [2.24, 2.45) is 0 Å². The molecule has 0 radical (unpaired) electrons. The zero-order valence-electron chi connectivity index (χ0n) is 12.6. The van der Waals surface area contributed by atoms with Crippen LogP contribution in [0, 0.1) is 11.3 Å². The van der Waals surface area contributed by atoms with Gasteiger partial charge in [-0.3, -0.25) is 4.79 Å². The van der Waals surface area contributed by atoms with Gasteiger partial charge in [0.15, 0.2) is 6.10 Å². The van der Waals surface area contributed by atoms with Crippen molar-refractivity contribution in [3.63, 3.8) is 0 Å². The number of ether oxygens (including phenoxy) is 2. The molecule has 0 saturated carbocycles. The number of carbonyl (C=O) groups excluding carboxylic acids is 1. The standard InChI is InChI=1S/C18H17NO3/c1-3-21-16-10-8-14(9-11-16)18(20)13(2)22-17-7-5-4-6-15(17)12-19/h4-11,13H,3H2,1-2H3/t13-/m1/s1. The van der Waals surface area contributed by atoms with Crippen LogP contribution in [0.3, 0.4) is 0 Å². The number of benzene rings is 2. The molecule has 0 aliphatic heterocycles. The van der Waals surface area contributed by atoms with E-state index in [0.29, 0.717) is 23.5 Å². The number of ketones is 1. The van der Waals surface area contributed by atoms with Gasteiger partial charge in [0.25, 0.3) is 0 Å². The Kier molecular flexibility index (Phi) is 5.16. The third-order valence-electron chi connectivity index (χ3n) is 3.13. The number of Topliss-reactive ketones (excluding diaryl/α,β-unsaturated/α-hetero) is 1. The Morgan fingerprint density at radius 1 is 1.18 bits per heavy atom. The highest BCUT2D eigenvalue weighted by Crippen LogP contribution is 2.20. The van der Waals surface area contributed by atoms with Crippen molar-refractivity contribution in [2.45, 2.75) is 20.0 Å². The summed E-state index contributed by atoms with van der Waals surface area (Å²) in [5.74, 6) is 0.995. The highest BCUT2D eigenvalue weighted by Gasteiger charge is 2.18. The smallest absolute Gasteiger partial charge is 0.202 e. The van der Waals surface area contributed by atoms with Crippen LogP contribution in [-0.4, -0.2) is 18.5 Å². The molecule has 0 N–H and O–H groups in total. The molecule has 2 aromatic carbocycles. The Bertz CT molecular complexity index is 686. The molecule has 0 unspecified atom stereocenters. The van der Waals surface area contributed by atoms with E-state index in [1.165, 1.54) is 0 Å². The first kappa shape index (κ1) is 15.6. The van der Waals surface area contributed by atoms with Crippen LogP contribution in [0.4, 0.5) is 0 Å². The van der Waals surface area contributed by atoms with Crippen LogP contribution in [0.2, 0.25) is 0 Å². The maximum absolute atomic E-state index is 12.4. The average Bonchev–Trinajstić information content (AvgIpc) is 2.55. The van der Waals surface area contributed by atoms with E-state index in [9.17, 15) is 4.79 Å². The second-order valence-electron chi connectivity index (χ2n) is 4.69. The van der Waals surface area contributed by atoms with Crippen LogP contribution in [0.15, 0.2) is 48.5 Å². The lowest BCUT2D eigenvalue weighted by Crippen LogP contribution is -2.24. The molecule has 22 heavy (non-hydrogen) atoms. The summed E-state index contributed by atoms with van der Waals surface area (Å²) >= 11 is 0. The lowest BCUT2D eigenvalue weighted by molar-refractivity contribution is 0.0817. The third-order valence-corrected chi connectivity index (χ3v) is 3.13. The molecule has 4 heteroatoms. The zero-order valence-corrected chi connectivity index (χ0v) is 12.6. The van der Waals surface area contributed by atoms with Gasteiger partial charge in [0.05, 0.1) is 12.2 Å². The van der Waals surface area contributed by atoms with Crippen LogP contribution in [-0.2, 0) is 0 Å². The van der Waals surface area contributed by atoms with E-state index in [0.717, 1.165) is 5.75 Å². The lowest BCUT2D eigenvalue weighted by Gasteiger charge is -2.15. The summed E-state index contributed by atoms with van der Waals surface area (Å²) in [5.41, 5.74) is 0.958. The molecule has 0 fully saturated rings. The van der Waals surface area contributed by atoms with Crippen molar-refractivity contribution in [1.82, 2.24) is 0 Å². The number of nitrogens with zero attached hydrogens (tertiary/aromatic N) is 1. The SMILES string of the molecule is CCOc1ccc(C(=O)[C@@H](C)Oc2ccccc2C#N)cc1. The van der Waals surface area contributed by atoms with E-state index in [1.54, 1.807) is 55.5 Å². The van der Waals surface area contributed by atoms with Gasteiger partial charge in [-0.15, -0.1) is 0 Å². The molecule has 0 aliphatic rings. The molecule has 4 nitrogen and oxygen atoms in total. The highest BCUT2D eigenvalue weighted by molar-refractivity contribution is 5.99. The molecular formula is C18H17NO3. The van der Waals surface area contributed by atoms with Crippen LogP contribution in [0.5, 0.6) is 11.5 Å². The molecule has 1 atom stereocenters. The largest absolute Gasteiger partial charge is 0.494 e. The quantitative estimate of drug-likeness (QED) is 0.764. The molecule has 0 aliphatic carbocycles. The molecule has 0 aromatic heterocycles. The van der Waals surface area contributed by atoms with Crippen molar-refractivity contribution in [1.29, 1.82) is 5.26 Å². The normalized spacial score (nSPS) is 11.3. The number of hydrogen-bond acceptors (Lipinski definition) is 4. The number of rotatable bonds is 6. The van der Waals surface area contributed by atoms with Gasteiger partial charge in [-0.2, -0.15) is 5.26 Å². The lowest BCUT2D eigenvalue weighted by atomic mass is 10.1. The van der Waals surface area contributed by atoms with Gasteiger partial charge in [-0.1, -0.05) is 12.1 Å². The van der Waals surface area contributed by atoms with E-state index >= 15 is 0 Å². The van der Waals surface area contributed by atoms with E-state index in [1.807, 2.05) is 13.0 Å². The Balaban J connectivity index is 2.10. The van der Waals surface area contributed by atoms with Crippen LogP contribution in [0.25, 0.3) is 0 Å². The molecule has 2 aromatic rings. The second kappa shape index (κ2) is 7.28. The first-order valence-electron chi connectivity index (χ1n) is 7.08. The summed E-state index contributed by atoms with van der Waals surface area (Å²) in [7, 11) is 0. The fraction of sp³-hybridized carbons (Fsp3) is 0.222. The molecule has 2 rings (SSSR count). The zero-order chi connectivity index (χ0) is 15.9. The summed E-state index contributed by atoms with van der Waals surface area (Å²) < 4.78 is 11.0. The molecule has 112 valence electrons. The first-order chi connectivity index (χ1) is 10.7. The van der Waals surface area contributed by atoms with E-state index in [-0.39, 0.29) is 5.78 Å². The Morgan fingerprint density at radius 2 is 1.86 bits per heavy atom. The van der Waals surface area contributed by atoms with Gasteiger partial charge >= 0.3 is 0 Å². The average molecular weight is 295 g/mol. The van der Waals surface area contributed by atoms with Crippen molar-refractivity contribution in [2.75, 3.05) is 6.61 Å². The van der Waals surface area contributed by atoms with Crippen molar-refractivity contribution in [3.8, 4) is 17.6 Å². The molecule has 0 amide bonds. The molecule has 0 saturated heterocycles. The number of hydrogen-bond donors (Lipinski definition) is 0. The summed E-state index contributed by atoms with van der Waals surface area (Å²) in [6.07, 6.45) is -0.674. The van der Waals surface area contributed by atoms with Gasteiger partial charge < -0.3 is 9.47 Å². The highest BCUT2D eigenvalue weighted by atomic mass is 16.5. The molecule has 0 spiro atoms. The molecule has 0 heterocycles. The van der Waals surface area contributed by atoms with Gasteiger partial charge in [0.1, 0.15) is 17.6 Å². The van der Waals surface area contributed by atoms with Crippen LogP contribution >= 0.6 is 0 Å². The van der Waals surface area contributed by atoms with Gasteiger partial charge in [-0.25, -0.2) is 0 Å². The van der Waals surface area contributed by atoms with Gasteiger partial charge in [-0.05, 0) is 50.2 Å². The summed E-state index contributed by atoms with van der Waals surface area (Å²) in [6.45, 7) is 4.16. The minimum atomic E-state index is -0.674. The fourth-order valence-corrected chi connectivity index (χ4v) is 2.02. The van der Waals surface area contributed by atoms with E-state index in [2.05, 4.69) is 0 Å². The van der Waals surface area contributed by atoms with E-state index < -0.39 is 6.10 Å². The number of carbonyl (C=O) groups is 1. The predicted octanol–water partition coefficient (Wildman–Crippen LogP) is 3.61. The summed E-state index contributed by atoms with van der Waals surface area (Å²) in [4.78, 5) is 12.4. The van der Waals surface area contributed by atoms with Gasteiger partial charge in [0, 0.05) is 5.56 Å². The summed E-state index contributed by atoms with van der Waals surface area (Å²) in [6, 6.07) is 15.8. The summed E-state index contributed by atoms with van der Waals surface area (Å²) in [5, 5.41) is 9.04. The van der Waals surface area contributed by atoms with Crippen LogP contribution in [0.1, 0.15) is 29.8 Å². The first-order valence-corrected chi connectivity index (χ1v) is 7.08. The maximum Gasteiger partial charge on any atom is 0.202 e. The second-order valence-corrected chi connectivity index (χ2v) is 4.69. The minimum absolute atomic E-state index is 0.143. The Morgan fingerprint density at radius 3 is 2.50 bits per heavy atom. The Hall–Kier alpha value is -2.80. The minimum Gasteiger partial charge on any atom is -0.494 e. The maximum atomic E-state index is 12.4.